The van der Waals surface area contributed by atoms with Crippen LogP contribution in [0.4, 0.5) is 5.69 Å². The van der Waals surface area contributed by atoms with Crippen molar-refractivity contribution in [1.29, 1.82) is 0 Å². The van der Waals surface area contributed by atoms with Crippen LogP contribution in [0.1, 0.15) is 49.1 Å². The Bertz CT molecular complexity index is 1010. The molecule has 3 N–H and O–H groups in total. The number of carbonyl (C=O) groups is 2. The van der Waals surface area contributed by atoms with E-state index < -0.39 is 6.10 Å². The molecule has 2 fully saturated rings. The minimum absolute atomic E-state index is 0.0100. The number of anilines is 1. The Hall–Kier alpha value is -2.97. The van der Waals surface area contributed by atoms with Crippen LogP contribution in [0.5, 0.6) is 5.75 Å². The summed E-state index contributed by atoms with van der Waals surface area (Å²) in [5, 5.41) is 15.8. The van der Waals surface area contributed by atoms with Gasteiger partial charge in [-0.25, -0.2) is 0 Å². The normalized spacial score (nSPS) is 25.5. The standard InChI is InChI=1S/C25H29N3O5/c29-14-22-25-20(11-18(32-22)12-23(30)27-13-16-5-7-26-8-6-16)19-10-17(3-4-21(19)33-25)28-24(31)9-15-1-2-15/h3-8,10,15,18,20,22,25,29H,1-2,9,11-14H2,(H,27,30)(H,28,31)/t18-,20+,22-,25-/m1/s1. The molecule has 1 saturated carbocycles. The molecule has 174 valence electrons. The average molecular weight is 452 g/mol. The Morgan fingerprint density at radius 1 is 1.09 bits per heavy atom. The van der Waals surface area contributed by atoms with Gasteiger partial charge < -0.3 is 25.2 Å². The zero-order chi connectivity index (χ0) is 22.8. The summed E-state index contributed by atoms with van der Waals surface area (Å²) < 4.78 is 12.1. The minimum Gasteiger partial charge on any atom is -0.487 e. The van der Waals surface area contributed by atoms with Gasteiger partial charge >= 0.3 is 0 Å². The number of benzene rings is 1. The summed E-state index contributed by atoms with van der Waals surface area (Å²) in [6, 6.07) is 9.39. The lowest BCUT2D eigenvalue weighted by molar-refractivity contribution is -0.142. The van der Waals surface area contributed by atoms with Crippen molar-refractivity contribution in [3.63, 3.8) is 0 Å². The lowest BCUT2D eigenvalue weighted by Crippen LogP contribution is -2.47. The third kappa shape index (κ3) is 5.17. The number of ether oxygens (including phenoxy) is 2. The summed E-state index contributed by atoms with van der Waals surface area (Å²) in [5.74, 6) is 1.20. The summed E-state index contributed by atoms with van der Waals surface area (Å²) >= 11 is 0. The highest BCUT2D eigenvalue weighted by atomic mass is 16.6. The van der Waals surface area contributed by atoms with Crippen molar-refractivity contribution in [2.45, 2.75) is 62.9 Å². The van der Waals surface area contributed by atoms with E-state index in [1.54, 1.807) is 12.4 Å². The van der Waals surface area contributed by atoms with E-state index in [1.165, 1.54) is 0 Å². The maximum Gasteiger partial charge on any atom is 0.224 e. The van der Waals surface area contributed by atoms with Gasteiger partial charge in [0.15, 0.2) is 0 Å². The molecule has 1 aromatic heterocycles. The molecule has 0 unspecified atom stereocenters. The summed E-state index contributed by atoms with van der Waals surface area (Å²) in [5.41, 5.74) is 2.72. The first-order valence-electron chi connectivity index (χ1n) is 11.6. The molecule has 2 aliphatic heterocycles. The first kappa shape index (κ1) is 21.9. The van der Waals surface area contributed by atoms with Gasteiger partial charge in [-0.3, -0.25) is 14.6 Å². The van der Waals surface area contributed by atoms with Crippen molar-refractivity contribution < 1.29 is 24.2 Å². The van der Waals surface area contributed by atoms with Crippen LogP contribution < -0.4 is 15.4 Å². The van der Waals surface area contributed by atoms with Crippen LogP contribution in [-0.2, 0) is 20.9 Å². The van der Waals surface area contributed by atoms with Gasteiger partial charge in [-0.05, 0) is 61.1 Å². The van der Waals surface area contributed by atoms with E-state index in [1.807, 2.05) is 30.3 Å². The minimum atomic E-state index is -0.512. The SMILES string of the molecule is O=C(C[C@H]1C[C@H]2c3cc(NC(=O)CC4CC4)ccc3O[C@H]2[C@@H](CO)O1)NCc1ccncc1. The lowest BCUT2D eigenvalue weighted by Gasteiger charge is -2.37. The Morgan fingerprint density at radius 2 is 1.91 bits per heavy atom. The van der Waals surface area contributed by atoms with Crippen molar-refractivity contribution in [3.8, 4) is 5.75 Å². The first-order valence-corrected chi connectivity index (χ1v) is 11.6. The van der Waals surface area contributed by atoms with Gasteiger partial charge in [-0.15, -0.1) is 0 Å². The number of rotatable bonds is 8. The van der Waals surface area contributed by atoms with E-state index in [4.69, 9.17) is 9.47 Å². The molecule has 1 aromatic carbocycles. The van der Waals surface area contributed by atoms with Crippen molar-refractivity contribution in [2.75, 3.05) is 11.9 Å². The summed E-state index contributed by atoms with van der Waals surface area (Å²) in [6.45, 7) is 0.245. The van der Waals surface area contributed by atoms with Crippen LogP contribution in [0.3, 0.4) is 0 Å². The highest BCUT2D eigenvalue weighted by Gasteiger charge is 2.46. The molecule has 0 radical (unpaired) electrons. The number of aliphatic hydroxyl groups excluding tert-OH is 1. The first-order chi connectivity index (χ1) is 16.1. The Morgan fingerprint density at radius 3 is 2.67 bits per heavy atom. The van der Waals surface area contributed by atoms with Crippen molar-refractivity contribution in [3.05, 3.63) is 53.9 Å². The second kappa shape index (κ2) is 9.49. The maximum absolute atomic E-state index is 12.5. The molecule has 1 saturated heterocycles. The van der Waals surface area contributed by atoms with E-state index in [2.05, 4.69) is 15.6 Å². The molecule has 5 rings (SSSR count). The fourth-order valence-electron chi connectivity index (χ4n) is 4.74. The molecule has 3 heterocycles. The van der Waals surface area contributed by atoms with Crippen LogP contribution in [0.25, 0.3) is 0 Å². The number of carbonyl (C=O) groups excluding carboxylic acids is 2. The number of hydrogen-bond donors (Lipinski definition) is 3. The highest BCUT2D eigenvalue weighted by Crippen LogP contribution is 2.47. The predicted molar refractivity (Wildman–Crippen MR) is 121 cm³/mol. The van der Waals surface area contributed by atoms with Gasteiger partial charge in [0, 0.05) is 42.5 Å². The van der Waals surface area contributed by atoms with E-state index >= 15 is 0 Å². The van der Waals surface area contributed by atoms with Crippen molar-refractivity contribution in [1.82, 2.24) is 10.3 Å². The molecule has 3 aliphatic rings. The fourth-order valence-corrected chi connectivity index (χ4v) is 4.74. The van der Waals surface area contributed by atoms with Crippen LogP contribution in [-0.4, -0.2) is 46.8 Å². The van der Waals surface area contributed by atoms with Crippen molar-refractivity contribution in [2.24, 2.45) is 5.92 Å². The number of nitrogens with one attached hydrogen (secondary N) is 2. The molecule has 2 aromatic rings. The summed E-state index contributed by atoms with van der Waals surface area (Å²) in [4.78, 5) is 28.8. The topological polar surface area (TPSA) is 110 Å². The van der Waals surface area contributed by atoms with Gasteiger partial charge in [0.2, 0.25) is 11.8 Å². The predicted octanol–water partition coefficient (Wildman–Crippen LogP) is 2.52. The summed E-state index contributed by atoms with van der Waals surface area (Å²) in [6.07, 6.45) is 5.88. The number of hydrogen-bond acceptors (Lipinski definition) is 6. The molecule has 33 heavy (non-hydrogen) atoms. The number of aromatic nitrogens is 1. The van der Waals surface area contributed by atoms with E-state index in [0.717, 1.165) is 35.4 Å². The van der Waals surface area contributed by atoms with Crippen LogP contribution >= 0.6 is 0 Å². The number of pyridine rings is 1. The Labute approximate surface area is 192 Å². The second-order valence-corrected chi connectivity index (χ2v) is 9.19. The van der Waals surface area contributed by atoms with Crippen molar-refractivity contribution >= 4 is 17.5 Å². The molecule has 0 spiro atoms. The fraction of sp³-hybridized carbons (Fsp3) is 0.480. The Balaban J connectivity index is 1.24. The molecule has 4 atom stereocenters. The molecule has 0 bridgehead atoms. The number of nitrogens with zero attached hydrogens (tertiary/aromatic N) is 1. The monoisotopic (exact) mass is 451 g/mol. The Kier molecular flexibility index (Phi) is 6.28. The molecule has 2 amide bonds. The molecule has 1 aliphatic carbocycles. The second-order valence-electron chi connectivity index (χ2n) is 9.19. The van der Waals surface area contributed by atoms with Gasteiger partial charge in [0.25, 0.3) is 0 Å². The molecule has 8 nitrogen and oxygen atoms in total. The number of aliphatic hydroxyl groups is 1. The van der Waals surface area contributed by atoms with E-state index in [9.17, 15) is 14.7 Å². The largest absolute Gasteiger partial charge is 0.487 e. The summed E-state index contributed by atoms with van der Waals surface area (Å²) in [7, 11) is 0. The zero-order valence-corrected chi connectivity index (χ0v) is 18.4. The van der Waals surface area contributed by atoms with Gasteiger partial charge in [0.05, 0.1) is 19.1 Å². The van der Waals surface area contributed by atoms with Gasteiger partial charge in [-0.1, -0.05) is 0 Å². The zero-order valence-electron chi connectivity index (χ0n) is 18.4. The molecule has 8 heteroatoms. The van der Waals surface area contributed by atoms with Gasteiger partial charge in [-0.2, -0.15) is 0 Å². The number of fused-ring (bicyclic) bond motifs is 3. The lowest BCUT2D eigenvalue weighted by atomic mass is 9.84. The third-order valence-corrected chi connectivity index (χ3v) is 6.61. The molecular weight excluding hydrogens is 422 g/mol. The molecular formula is C25H29N3O5. The third-order valence-electron chi connectivity index (χ3n) is 6.61. The highest BCUT2D eigenvalue weighted by molar-refractivity contribution is 5.91. The smallest absolute Gasteiger partial charge is 0.224 e. The average Bonchev–Trinajstić information content (AvgIpc) is 3.56. The van der Waals surface area contributed by atoms with Crippen LogP contribution in [0, 0.1) is 5.92 Å². The number of amides is 2. The van der Waals surface area contributed by atoms with E-state index in [-0.39, 0.29) is 43.0 Å². The maximum atomic E-state index is 12.5. The van der Waals surface area contributed by atoms with Crippen LogP contribution in [0.2, 0.25) is 0 Å². The van der Waals surface area contributed by atoms with Crippen LogP contribution in [0.15, 0.2) is 42.7 Å². The van der Waals surface area contributed by atoms with E-state index in [0.29, 0.717) is 25.3 Å². The van der Waals surface area contributed by atoms with Gasteiger partial charge in [0.1, 0.15) is 18.0 Å². The quantitative estimate of drug-likeness (QED) is 0.569.